The number of rotatable bonds is 0. The summed E-state index contributed by atoms with van der Waals surface area (Å²) < 4.78 is 4.97. The molecule has 4 nitrogen and oxygen atoms in total. The van der Waals surface area contributed by atoms with E-state index in [2.05, 4.69) is 9.97 Å². The molecule has 10 heavy (non-hydrogen) atoms. The van der Waals surface area contributed by atoms with Gasteiger partial charge in [-0.25, -0.2) is 0 Å². The van der Waals surface area contributed by atoms with Gasteiger partial charge in [-0.05, 0) is 6.07 Å². The van der Waals surface area contributed by atoms with Gasteiger partial charge >= 0.3 is 0 Å². The molecular weight excluding hydrogens is 130 g/mol. The number of fused-ring (bicyclic) bond motifs is 1. The van der Waals surface area contributed by atoms with Crippen molar-refractivity contribution in [3.63, 3.8) is 0 Å². The summed E-state index contributed by atoms with van der Waals surface area (Å²) >= 11 is 0. The number of aromatic amines is 1. The molecule has 0 aromatic carbocycles. The van der Waals surface area contributed by atoms with Crippen molar-refractivity contribution in [1.82, 2.24) is 9.97 Å². The molecule has 0 aliphatic heterocycles. The van der Waals surface area contributed by atoms with Crippen LogP contribution in [-0.2, 0) is 0 Å². The first-order chi connectivity index (χ1) is 4.88. The fourth-order valence-electron chi connectivity index (χ4n) is 0.839. The molecule has 2 N–H and O–H groups in total. The predicted molar refractivity (Wildman–Crippen MR) is 34.2 cm³/mol. The zero-order valence-corrected chi connectivity index (χ0v) is 5.09. The zero-order valence-electron chi connectivity index (χ0n) is 5.09. The molecule has 4 heteroatoms. The number of hydrogen-bond acceptors (Lipinski definition) is 3. The van der Waals surface area contributed by atoms with Gasteiger partial charge in [0.05, 0.1) is 0 Å². The SMILES string of the molecule is N=c1ncoc2cc[nH]c12. The Kier molecular flexibility index (Phi) is 0.887. The first-order valence-electron chi connectivity index (χ1n) is 2.83. The summed E-state index contributed by atoms with van der Waals surface area (Å²) in [5, 5.41) is 7.28. The number of aromatic nitrogens is 2. The van der Waals surface area contributed by atoms with Gasteiger partial charge in [0.25, 0.3) is 0 Å². The normalized spacial score (nSPS) is 10.4. The van der Waals surface area contributed by atoms with Gasteiger partial charge in [-0.2, -0.15) is 4.98 Å². The summed E-state index contributed by atoms with van der Waals surface area (Å²) in [4.78, 5) is 6.49. The minimum Gasteiger partial charge on any atom is -0.443 e. The number of H-pyrrole nitrogens is 1. The Morgan fingerprint density at radius 3 is 3.30 bits per heavy atom. The molecule has 2 heterocycles. The molecule has 2 aromatic rings. The molecule has 0 saturated heterocycles. The second-order valence-electron chi connectivity index (χ2n) is 1.92. The summed E-state index contributed by atoms with van der Waals surface area (Å²) in [7, 11) is 0. The van der Waals surface area contributed by atoms with Crippen LogP contribution in [0.25, 0.3) is 11.1 Å². The highest BCUT2D eigenvalue weighted by Gasteiger charge is 1.95. The third kappa shape index (κ3) is 0.556. The van der Waals surface area contributed by atoms with Crippen molar-refractivity contribution in [3.05, 3.63) is 24.1 Å². The summed E-state index contributed by atoms with van der Waals surface area (Å²) in [6.07, 6.45) is 2.98. The first kappa shape index (κ1) is 5.22. The second-order valence-corrected chi connectivity index (χ2v) is 1.92. The van der Waals surface area contributed by atoms with E-state index in [0.29, 0.717) is 11.1 Å². The van der Waals surface area contributed by atoms with Gasteiger partial charge in [0.2, 0.25) is 0 Å². The van der Waals surface area contributed by atoms with Gasteiger partial charge in [0.15, 0.2) is 17.5 Å². The van der Waals surface area contributed by atoms with Gasteiger partial charge in [0.1, 0.15) is 5.52 Å². The molecule has 0 spiro atoms. The summed E-state index contributed by atoms with van der Waals surface area (Å²) in [5.74, 6) is 0. The maximum Gasteiger partial charge on any atom is 0.183 e. The van der Waals surface area contributed by atoms with Crippen molar-refractivity contribution in [2.45, 2.75) is 0 Å². The van der Waals surface area contributed by atoms with Crippen molar-refractivity contribution in [1.29, 1.82) is 5.41 Å². The van der Waals surface area contributed by atoms with Crippen LogP contribution >= 0.6 is 0 Å². The Morgan fingerprint density at radius 2 is 2.50 bits per heavy atom. The third-order valence-corrected chi connectivity index (χ3v) is 1.31. The van der Waals surface area contributed by atoms with Crippen LogP contribution in [0.4, 0.5) is 0 Å². The predicted octanol–water partition coefficient (Wildman–Crippen LogP) is 0.635. The minimum atomic E-state index is 0.214. The molecule has 0 radical (unpaired) electrons. The van der Waals surface area contributed by atoms with E-state index < -0.39 is 0 Å². The van der Waals surface area contributed by atoms with Crippen LogP contribution in [0, 0.1) is 5.41 Å². The van der Waals surface area contributed by atoms with Gasteiger partial charge < -0.3 is 9.40 Å². The molecule has 0 fully saturated rings. The molecule has 0 aliphatic rings. The molecule has 0 aliphatic carbocycles. The monoisotopic (exact) mass is 135 g/mol. The smallest absolute Gasteiger partial charge is 0.183 e. The first-order valence-corrected chi connectivity index (χ1v) is 2.83. The Bertz CT molecular complexity index is 400. The summed E-state index contributed by atoms with van der Waals surface area (Å²) in [6, 6.07) is 1.76. The lowest BCUT2D eigenvalue weighted by Gasteiger charge is -1.84. The summed E-state index contributed by atoms with van der Waals surface area (Å²) in [5.41, 5.74) is 1.52. The quantitative estimate of drug-likeness (QED) is 0.556. The minimum absolute atomic E-state index is 0.214. The molecule has 0 amide bonds. The van der Waals surface area contributed by atoms with E-state index in [-0.39, 0.29) is 5.49 Å². The Labute approximate surface area is 56.0 Å². The standard InChI is InChI=1S/C6H5N3O/c7-6-5-4(1-2-8-5)10-3-9-6/h1-3,7-8H. The van der Waals surface area contributed by atoms with Gasteiger partial charge in [-0.3, -0.25) is 5.41 Å². The lowest BCUT2D eigenvalue weighted by molar-refractivity contribution is 0.574. The van der Waals surface area contributed by atoms with Crippen molar-refractivity contribution in [2.75, 3.05) is 0 Å². The van der Waals surface area contributed by atoms with Crippen molar-refractivity contribution < 1.29 is 4.42 Å². The van der Waals surface area contributed by atoms with E-state index in [1.54, 1.807) is 12.3 Å². The van der Waals surface area contributed by atoms with E-state index in [1.807, 2.05) is 0 Å². The highest BCUT2D eigenvalue weighted by molar-refractivity contribution is 5.70. The van der Waals surface area contributed by atoms with Crippen LogP contribution in [0.5, 0.6) is 0 Å². The molecule has 0 atom stereocenters. The molecule has 2 rings (SSSR count). The molecule has 0 unspecified atom stereocenters. The zero-order chi connectivity index (χ0) is 6.97. The fourth-order valence-corrected chi connectivity index (χ4v) is 0.839. The highest BCUT2D eigenvalue weighted by Crippen LogP contribution is 2.03. The molecule has 0 saturated carbocycles. The fraction of sp³-hybridized carbons (Fsp3) is 0. The van der Waals surface area contributed by atoms with E-state index in [1.165, 1.54) is 6.39 Å². The second kappa shape index (κ2) is 1.70. The van der Waals surface area contributed by atoms with Crippen LogP contribution < -0.4 is 5.49 Å². The molecular formula is C6H5N3O. The van der Waals surface area contributed by atoms with Gasteiger partial charge in [-0.15, -0.1) is 0 Å². The summed E-state index contributed by atoms with van der Waals surface area (Å²) in [6.45, 7) is 0. The Morgan fingerprint density at radius 1 is 1.60 bits per heavy atom. The number of nitrogens with one attached hydrogen (secondary N) is 2. The number of hydrogen-bond donors (Lipinski definition) is 2. The Hall–Kier alpha value is -1.58. The van der Waals surface area contributed by atoms with E-state index >= 15 is 0 Å². The molecule has 2 aromatic heterocycles. The number of nitrogens with zero attached hydrogens (tertiary/aromatic N) is 1. The topological polar surface area (TPSA) is 65.7 Å². The maximum absolute atomic E-state index is 7.28. The Balaban J connectivity index is 3.09. The van der Waals surface area contributed by atoms with Crippen LogP contribution in [0.15, 0.2) is 23.1 Å². The molecule has 50 valence electrons. The van der Waals surface area contributed by atoms with Gasteiger partial charge in [-0.1, -0.05) is 0 Å². The molecule has 0 bridgehead atoms. The maximum atomic E-state index is 7.28. The van der Waals surface area contributed by atoms with Gasteiger partial charge in [0, 0.05) is 6.20 Å². The van der Waals surface area contributed by atoms with E-state index in [9.17, 15) is 0 Å². The average Bonchev–Trinajstić information content (AvgIpc) is 2.36. The third-order valence-electron chi connectivity index (χ3n) is 1.31. The van der Waals surface area contributed by atoms with Crippen molar-refractivity contribution >= 4 is 11.1 Å². The highest BCUT2D eigenvalue weighted by atomic mass is 16.3. The average molecular weight is 135 g/mol. The van der Waals surface area contributed by atoms with E-state index in [4.69, 9.17) is 9.83 Å². The van der Waals surface area contributed by atoms with Crippen LogP contribution in [0.1, 0.15) is 0 Å². The van der Waals surface area contributed by atoms with Crippen molar-refractivity contribution in [3.8, 4) is 0 Å². The van der Waals surface area contributed by atoms with E-state index in [0.717, 1.165) is 0 Å². The lowest BCUT2D eigenvalue weighted by Crippen LogP contribution is -2.03. The largest absolute Gasteiger partial charge is 0.443 e. The van der Waals surface area contributed by atoms with Crippen LogP contribution in [0.2, 0.25) is 0 Å². The van der Waals surface area contributed by atoms with Crippen LogP contribution in [0.3, 0.4) is 0 Å². The van der Waals surface area contributed by atoms with Crippen LogP contribution in [-0.4, -0.2) is 9.97 Å². The lowest BCUT2D eigenvalue weighted by atomic mass is 10.5. The van der Waals surface area contributed by atoms with Crippen molar-refractivity contribution in [2.24, 2.45) is 0 Å².